The second-order valence-electron chi connectivity index (χ2n) is 11.0. The van der Waals surface area contributed by atoms with E-state index in [0.717, 1.165) is 51.4 Å². The molecule has 0 radical (unpaired) electrons. The number of carbonyl (C=O) groups is 2. The zero-order valence-electron chi connectivity index (χ0n) is 20.9. The standard InChI is InChI=1S/2C12H23NO3/c2*1-12(2,3)16-11(15)13-9-6-4-5-7-10(14)8-9/h2*9-10,14H,4-8H2,1-3H3,(H,13,15)/t2*9-,10-/m10/s1. The first kappa shape index (κ1) is 28.5. The van der Waals surface area contributed by atoms with Gasteiger partial charge in [0.1, 0.15) is 11.2 Å². The Hall–Kier alpha value is -1.54. The van der Waals surface area contributed by atoms with Crippen molar-refractivity contribution in [2.24, 2.45) is 0 Å². The number of nitrogens with one attached hydrogen (secondary N) is 2. The fourth-order valence-electron chi connectivity index (χ4n) is 3.88. The summed E-state index contributed by atoms with van der Waals surface area (Å²) in [5, 5.41) is 24.9. The van der Waals surface area contributed by atoms with Crippen LogP contribution < -0.4 is 10.6 Å². The summed E-state index contributed by atoms with van der Waals surface area (Å²) in [6.45, 7) is 11.1. The van der Waals surface area contributed by atoms with Crippen LogP contribution in [0.25, 0.3) is 0 Å². The summed E-state index contributed by atoms with van der Waals surface area (Å²) >= 11 is 0. The first-order valence-electron chi connectivity index (χ1n) is 12.1. The zero-order valence-corrected chi connectivity index (χ0v) is 20.9. The van der Waals surface area contributed by atoms with Crippen LogP contribution in [0.1, 0.15) is 106 Å². The molecule has 2 aliphatic rings. The second-order valence-corrected chi connectivity index (χ2v) is 11.0. The van der Waals surface area contributed by atoms with Crippen molar-refractivity contribution in [3.63, 3.8) is 0 Å². The van der Waals surface area contributed by atoms with Gasteiger partial charge in [-0.25, -0.2) is 9.59 Å². The minimum absolute atomic E-state index is 0.0485. The smallest absolute Gasteiger partial charge is 0.407 e. The number of aliphatic hydroxyl groups is 2. The predicted molar refractivity (Wildman–Crippen MR) is 124 cm³/mol. The van der Waals surface area contributed by atoms with E-state index in [1.807, 2.05) is 41.5 Å². The van der Waals surface area contributed by atoms with Crippen molar-refractivity contribution in [3.05, 3.63) is 0 Å². The van der Waals surface area contributed by atoms with Gasteiger partial charge in [0.05, 0.1) is 12.2 Å². The second kappa shape index (κ2) is 13.2. The maximum Gasteiger partial charge on any atom is 0.407 e. The molecule has 4 atom stereocenters. The van der Waals surface area contributed by atoms with Crippen LogP contribution in [0.4, 0.5) is 9.59 Å². The summed E-state index contributed by atoms with van der Waals surface area (Å²) in [6.07, 6.45) is 7.64. The van der Waals surface area contributed by atoms with Gasteiger partial charge in [0.25, 0.3) is 0 Å². The van der Waals surface area contributed by atoms with Gasteiger partial charge in [-0.05, 0) is 80.1 Å². The lowest BCUT2D eigenvalue weighted by Crippen LogP contribution is -2.40. The summed E-state index contributed by atoms with van der Waals surface area (Å²) in [5.41, 5.74) is -0.930. The highest BCUT2D eigenvalue weighted by Gasteiger charge is 2.24. The van der Waals surface area contributed by atoms with Crippen LogP contribution in [-0.2, 0) is 9.47 Å². The van der Waals surface area contributed by atoms with Gasteiger partial charge in [0.2, 0.25) is 0 Å². The molecule has 0 heterocycles. The van der Waals surface area contributed by atoms with E-state index in [-0.39, 0.29) is 36.5 Å². The lowest BCUT2D eigenvalue weighted by molar-refractivity contribution is 0.0471. The maximum atomic E-state index is 11.5. The van der Waals surface area contributed by atoms with Gasteiger partial charge in [0, 0.05) is 12.1 Å². The Labute approximate surface area is 193 Å². The Morgan fingerprint density at radius 3 is 1.28 bits per heavy atom. The molecule has 0 bridgehead atoms. The number of hydrogen-bond acceptors (Lipinski definition) is 6. The van der Waals surface area contributed by atoms with E-state index >= 15 is 0 Å². The minimum Gasteiger partial charge on any atom is -0.444 e. The highest BCUT2D eigenvalue weighted by atomic mass is 16.6. The minimum atomic E-state index is -0.465. The van der Waals surface area contributed by atoms with Crippen molar-refractivity contribution in [2.75, 3.05) is 0 Å². The average Bonchev–Trinajstić information content (AvgIpc) is 2.91. The lowest BCUT2D eigenvalue weighted by atomic mass is 10.1. The van der Waals surface area contributed by atoms with E-state index in [2.05, 4.69) is 10.6 Å². The molecule has 2 amide bonds. The molecular weight excluding hydrogens is 412 g/mol. The Balaban J connectivity index is 0.000000320. The van der Waals surface area contributed by atoms with Gasteiger partial charge in [-0.15, -0.1) is 0 Å². The van der Waals surface area contributed by atoms with Gasteiger partial charge < -0.3 is 30.3 Å². The van der Waals surface area contributed by atoms with Gasteiger partial charge >= 0.3 is 12.2 Å². The molecule has 0 unspecified atom stereocenters. The summed E-state index contributed by atoms with van der Waals surface area (Å²) in [4.78, 5) is 23.1. The lowest BCUT2D eigenvalue weighted by Gasteiger charge is -2.23. The largest absolute Gasteiger partial charge is 0.444 e. The molecule has 8 nitrogen and oxygen atoms in total. The van der Waals surface area contributed by atoms with Gasteiger partial charge in [-0.3, -0.25) is 0 Å². The third-order valence-corrected chi connectivity index (χ3v) is 5.23. The van der Waals surface area contributed by atoms with E-state index in [0.29, 0.717) is 12.8 Å². The van der Waals surface area contributed by atoms with Crippen LogP contribution in [0.15, 0.2) is 0 Å². The summed E-state index contributed by atoms with van der Waals surface area (Å²) < 4.78 is 10.4. The number of hydrogen-bond donors (Lipinski definition) is 4. The number of ether oxygens (including phenoxy) is 2. The van der Waals surface area contributed by atoms with Crippen LogP contribution >= 0.6 is 0 Å². The van der Waals surface area contributed by atoms with Crippen LogP contribution in [0.3, 0.4) is 0 Å². The molecule has 0 spiro atoms. The molecule has 0 aliphatic heterocycles. The van der Waals surface area contributed by atoms with Crippen molar-refractivity contribution in [3.8, 4) is 0 Å². The molecule has 2 saturated carbocycles. The molecule has 2 rings (SSSR count). The average molecular weight is 459 g/mol. The molecule has 0 saturated heterocycles. The summed E-state index contributed by atoms with van der Waals surface area (Å²) in [6, 6.07) is 0.0969. The number of aliphatic hydroxyl groups excluding tert-OH is 2. The highest BCUT2D eigenvalue weighted by Crippen LogP contribution is 2.19. The number of carbonyl (C=O) groups excluding carboxylic acids is 2. The fraction of sp³-hybridized carbons (Fsp3) is 0.917. The van der Waals surface area contributed by atoms with Crippen molar-refractivity contribution < 1.29 is 29.3 Å². The van der Waals surface area contributed by atoms with Crippen LogP contribution in [0, 0.1) is 0 Å². The summed E-state index contributed by atoms with van der Waals surface area (Å²) in [7, 11) is 0. The van der Waals surface area contributed by atoms with E-state index < -0.39 is 11.2 Å². The van der Waals surface area contributed by atoms with Gasteiger partial charge in [0.15, 0.2) is 0 Å². The molecule has 2 fully saturated rings. The number of rotatable bonds is 2. The SMILES string of the molecule is CC(C)(C)OC(=O)N[C@@H]1CCCC[C@@H](O)C1.CC(C)(C)OC(=O)N[C@H]1CCCC[C@H](O)C1. The fourth-order valence-corrected chi connectivity index (χ4v) is 3.88. The first-order chi connectivity index (χ1) is 14.7. The quantitative estimate of drug-likeness (QED) is 0.455. The Morgan fingerprint density at radius 1 is 0.656 bits per heavy atom. The monoisotopic (exact) mass is 458 g/mol. The highest BCUT2D eigenvalue weighted by molar-refractivity contribution is 5.68. The van der Waals surface area contributed by atoms with Crippen LogP contribution in [0.2, 0.25) is 0 Å². The molecule has 0 aromatic rings. The molecule has 0 aromatic carbocycles. The van der Waals surface area contributed by atoms with Crippen molar-refractivity contribution in [1.29, 1.82) is 0 Å². The van der Waals surface area contributed by atoms with Crippen LogP contribution in [-0.4, -0.2) is 57.9 Å². The normalized spacial score (nSPS) is 27.0. The molecule has 32 heavy (non-hydrogen) atoms. The van der Waals surface area contributed by atoms with E-state index in [1.165, 1.54) is 0 Å². The molecule has 188 valence electrons. The Kier molecular flexibility index (Phi) is 11.8. The predicted octanol–water partition coefficient (Wildman–Crippen LogP) is 4.41. The van der Waals surface area contributed by atoms with Crippen molar-refractivity contribution in [2.45, 2.75) is 141 Å². The van der Waals surface area contributed by atoms with E-state index in [9.17, 15) is 19.8 Å². The topological polar surface area (TPSA) is 117 Å². The zero-order chi connectivity index (χ0) is 24.4. The first-order valence-corrected chi connectivity index (χ1v) is 12.1. The van der Waals surface area contributed by atoms with E-state index in [4.69, 9.17) is 9.47 Å². The molecule has 4 N–H and O–H groups in total. The Morgan fingerprint density at radius 2 is 0.969 bits per heavy atom. The molecule has 8 heteroatoms. The maximum absolute atomic E-state index is 11.5. The van der Waals surface area contributed by atoms with Crippen molar-refractivity contribution in [1.82, 2.24) is 10.6 Å². The van der Waals surface area contributed by atoms with Gasteiger partial charge in [-0.1, -0.05) is 25.7 Å². The van der Waals surface area contributed by atoms with E-state index in [1.54, 1.807) is 0 Å². The van der Waals surface area contributed by atoms with Gasteiger partial charge in [-0.2, -0.15) is 0 Å². The van der Waals surface area contributed by atoms with Crippen molar-refractivity contribution >= 4 is 12.2 Å². The number of amides is 2. The summed E-state index contributed by atoms with van der Waals surface area (Å²) in [5.74, 6) is 0. The Bertz CT molecular complexity index is 520. The molecule has 0 aromatic heterocycles. The third kappa shape index (κ3) is 14.5. The third-order valence-electron chi connectivity index (χ3n) is 5.23. The number of alkyl carbamates (subject to hydrolysis) is 2. The molecule has 2 aliphatic carbocycles. The molecular formula is C24H46N2O6. The van der Waals surface area contributed by atoms with Crippen LogP contribution in [0.5, 0.6) is 0 Å².